The minimum Gasteiger partial charge on any atom is -0.306 e. The molecule has 0 radical (unpaired) electrons. The third-order valence-corrected chi connectivity index (χ3v) is 4.51. The molecule has 106 valence electrons. The van der Waals surface area contributed by atoms with Gasteiger partial charge in [-0.2, -0.15) is 0 Å². The Labute approximate surface area is 142 Å². The van der Waals surface area contributed by atoms with Crippen LogP contribution in [0.25, 0.3) is 0 Å². The van der Waals surface area contributed by atoms with Crippen LogP contribution < -0.4 is 5.32 Å². The van der Waals surface area contributed by atoms with Crippen molar-refractivity contribution in [3.05, 3.63) is 67.6 Å². The van der Waals surface area contributed by atoms with E-state index in [-0.39, 0.29) is 6.04 Å². The molecule has 2 rings (SSSR count). The first-order valence-corrected chi connectivity index (χ1v) is 8.52. The van der Waals surface area contributed by atoms with Crippen molar-refractivity contribution in [1.82, 2.24) is 5.32 Å². The van der Waals surface area contributed by atoms with Gasteiger partial charge in [-0.25, -0.2) is 0 Å². The summed E-state index contributed by atoms with van der Waals surface area (Å²) in [6.45, 7) is 3.14. The van der Waals surface area contributed by atoms with Crippen LogP contribution in [-0.4, -0.2) is 6.54 Å². The molecule has 0 heterocycles. The maximum absolute atomic E-state index is 5.98. The molecule has 20 heavy (non-hydrogen) atoms. The third-order valence-electron chi connectivity index (χ3n) is 3.08. The molecular formula is C16H16Br2ClN. The molecule has 0 spiro atoms. The van der Waals surface area contributed by atoms with Crippen LogP contribution >= 0.6 is 43.5 Å². The van der Waals surface area contributed by atoms with Gasteiger partial charge in [-0.1, -0.05) is 68.6 Å². The van der Waals surface area contributed by atoms with Crippen molar-refractivity contribution in [2.24, 2.45) is 0 Å². The number of halogens is 3. The van der Waals surface area contributed by atoms with E-state index >= 15 is 0 Å². The van der Waals surface area contributed by atoms with Crippen molar-refractivity contribution >= 4 is 43.5 Å². The van der Waals surface area contributed by atoms with E-state index in [2.05, 4.69) is 74.4 Å². The lowest BCUT2D eigenvalue weighted by atomic mass is 9.98. The number of nitrogens with one attached hydrogen (secondary N) is 1. The zero-order chi connectivity index (χ0) is 14.5. The van der Waals surface area contributed by atoms with Crippen molar-refractivity contribution in [3.63, 3.8) is 0 Å². The van der Waals surface area contributed by atoms with Crippen LogP contribution in [0.15, 0.2) is 51.4 Å². The second-order valence-corrected chi connectivity index (χ2v) is 6.81. The summed E-state index contributed by atoms with van der Waals surface area (Å²) in [4.78, 5) is 0. The van der Waals surface area contributed by atoms with Crippen LogP contribution in [0.2, 0.25) is 5.02 Å². The van der Waals surface area contributed by atoms with Crippen molar-refractivity contribution in [2.45, 2.75) is 19.4 Å². The molecule has 0 saturated carbocycles. The van der Waals surface area contributed by atoms with Crippen LogP contribution in [0.5, 0.6) is 0 Å². The molecule has 4 heteroatoms. The summed E-state index contributed by atoms with van der Waals surface area (Å²) in [5.41, 5.74) is 2.44. The molecule has 1 nitrogen and oxygen atoms in total. The Morgan fingerprint density at radius 1 is 1.10 bits per heavy atom. The van der Waals surface area contributed by atoms with E-state index in [0.717, 1.165) is 26.9 Å². The molecule has 0 amide bonds. The van der Waals surface area contributed by atoms with Gasteiger partial charge in [0.25, 0.3) is 0 Å². The van der Waals surface area contributed by atoms with Crippen molar-refractivity contribution in [2.75, 3.05) is 6.54 Å². The fourth-order valence-corrected chi connectivity index (χ4v) is 3.49. The molecule has 0 aliphatic rings. The van der Waals surface area contributed by atoms with E-state index in [1.54, 1.807) is 0 Å². The summed E-state index contributed by atoms with van der Waals surface area (Å²) in [7, 11) is 0. The maximum atomic E-state index is 5.98. The third kappa shape index (κ3) is 4.08. The lowest BCUT2D eigenvalue weighted by molar-refractivity contribution is 0.597. The first-order valence-electron chi connectivity index (χ1n) is 6.55. The Balaban J connectivity index is 2.38. The Morgan fingerprint density at radius 3 is 2.40 bits per heavy atom. The van der Waals surface area contributed by atoms with Gasteiger partial charge < -0.3 is 5.32 Å². The zero-order valence-electron chi connectivity index (χ0n) is 11.2. The van der Waals surface area contributed by atoms with E-state index in [1.807, 2.05) is 12.1 Å². The average molecular weight is 418 g/mol. The molecule has 0 aromatic heterocycles. The summed E-state index contributed by atoms with van der Waals surface area (Å²) < 4.78 is 2.16. The summed E-state index contributed by atoms with van der Waals surface area (Å²) in [5, 5.41) is 4.36. The van der Waals surface area contributed by atoms with Crippen LogP contribution in [0.1, 0.15) is 30.5 Å². The predicted octanol–water partition coefficient (Wildman–Crippen LogP) is 5.95. The standard InChI is InChI=1S/C16H16Br2ClN/c1-2-9-20-16(11-3-6-13(19)7-4-11)14-8-5-12(17)10-15(14)18/h3-8,10,16,20H,2,9H2,1H3. The summed E-state index contributed by atoms with van der Waals surface area (Å²) in [6, 6.07) is 14.5. The van der Waals surface area contributed by atoms with E-state index < -0.39 is 0 Å². The van der Waals surface area contributed by atoms with Gasteiger partial charge in [0.2, 0.25) is 0 Å². The smallest absolute Gasteiger partial charge is 0.0587 e. The van der Waals surface area contributed by atoms with E-state index in [9.17, 15) is 0 Å². The van der Waals surface area contributed by atoms with Gasteiger partial charge in [0.15, 0.2) is 0 Å². The zero-order valence-corrected chi connectivity index (χ0v) is 15.1. The van der Waals surface area contributed by atoms with Gasteiger partial charge in [0, 0.05) is 14.0 Å². The van der Waals surface area contributed by atoms with Gasteiger partial charge in [0.1, 0.15) is 0 Å². The Morgan fingerprint density at radius 2 is 1.80 bits per heavy atom. The van der Waals surface area contributed by atoms with E-state index in [1.165, 1.54) is 11.1 Å². The minimum absolute atomic E-state index is 0.162. The number of hydrogen-bond donors (Lipinski definition) is 1. The monoisotopic (exact) mass is 415 g/mol. The molecular weight excluding hydrogens is 401 g/mol. The summed E-state index contributed by atoms with van der Waals surface area (Å²) in [6.07, 6.45) is 1.10. The van der Waals surface area contributed by atoms with Crippen LogP contribution in [0.3, 0.4) is 0 Å². The number of benzene rings is 2. The summed E-state index contributed by atoms with van der Waals surface area (Å²) >= 11 is 13.1. The molecule has 2 aromatic rings. The lowest BCUT2D eigenvalue weighted by Gasteiger charge is -2.21. The molecule has 1 N–H and O–H groups in total. The van der Waals surface area contributed by atoms with Crippen LogP contribution in [0.4, 0.5) is 0 Å². The molecule has 0 fully saturated rings. The molecule has 1 unspecified atom stereocenters. The van der Waals surface area contributed by atoms with Gasteiger partial charge in [-0.05, 0) is 48.4 Å². The highest BCUT2D eigenvalue weighted by molar-refractivity contribution is 9.11. The first-order chi connectivity index (χ1) is 9.61. The van der Waals surface area contributed by atoms with Crippen molar-refractivity contribution in [3.8, 4) is 0 Å². The minimum atomic E-state index is 0.162. The van der Waals surface area contributed by atoms with Gasteiger partial charge in [0.05, 0.1) is 6.04 Å². The SMILES string of the molecule is CCCNC(c1ccc(Cl)cc1)c1ccc(Br)cc1Br. The Kier molecular flexibility index (Phi) is 6.09. The second kappa shape index (κ2) is 7.60. The molecule has 0 aliphatic heterocycles. The fourth-order valence-electron chi connectivity index (χ4n) is 2.09. The van der Waals surface area contributed by atoms with E-state index in [4.69, 9.17) is 11.6 Å². The van der Waals surface area contributed by atoms with Crippen LogP contribution in [-0.2, 0) is 0 Å². The van der Waals surface area contributed by atoms with Gasteiger partial charge in [-0.15, -0.1) is 0 Å². The van der Waals surface area contributed by atoms with Crippen molar-refractivity contribution in [1.29, 1.82) is 0 Å². The highest BCUT2D eigenvalue weighted by Gasteiger charge is 2.16. The lowest BCUT2D eigenvalue weighted by Crippen LogP contribution is -2.23. The average Bonchev–Trinajstić information content (AvgIpc) is 2.42. The normalized spacial score (nSPS) is 12.4. The van der Waals surface area contributed by atoms with E-state index in [0.29, 0.717) is 0 Å². The molecule has 0 saturated heterocycles. The van der Waals surface area contributed by atoms with Crippen molar-refractivity contribution < 1.29 is 0 Å². The highest BCUT2D eigenvalue weighted by Crippen LogP contribution is 2.31. The number of rotatable bonds is 5. The maximum Gasteiger partial charge on any atom is 0.0587 e. The molecule has 0 bridgehead atoms. The largest absolute Gasteiger partial charge is 0.306 e. The summed E-state index contributed by atoms with van der Waals surface area (Å²) in [5.74, 6) is 0. The Bertz CT molecular complexity index is 569. The van der Waals surface area contributed by atoms with Crippen LogP contribution in [0, 0.1) is 0 Å². The molecule has 0 aliphatic carbocycles. The van der Waals surface area contributed by atoms with Gasteiger partial charge >= 0.3 is 0 Å². The topological polar surface area (TPSA) is 12.0 Å². The number of hydrogen-bond acceptors (Lipinski definition) is 1. The molecule has 1 atom stereocenters. The highest BCUT2D eigenvalue weighted by atomic mass is 79.9. The van der Waals surface area contributed by atoms with Gasteiger partial charge in [-0.3, -0.25) is 0 Å². The molecule has 2 aromatic carbocycles. The quantitative estimate of drug-likeness (QED) is 0.633. The first kappa shape index (κ1) is 16.0. The predicted molar refractivity (Wildman–Crippen MR) is 93.4 cm³/mol. The Hall–Kier alpha value is -0.350. The second-order valence-electron chi connectivity index (χ2n) is 4.60. The fraction of sp³-hybridized carbons (Fsp3) is 0.250.